The van der Waals surface area contributed by atoms with Crippen LogP contribution in [0.25, 0.3) is 0 Å². The Morgan fingerprint density at radius 2 is 1.95 bits per heavy atom. The van der Waals surface area contributed by atoms with Crippen LogP contribution in [0.4, 0.5) is 17.6 Å². The summed E-state index contributed by atoms with van der Waals surface area (Å²) in [5, 5.41) is 2.37. The number of benzene rings is 1. The highest BCUT2D eigenvalue weighted by Gasteiger charge is 2.33. The highest BCUT2D eigenvalue weighted by Crippen LogP contribution is 2.32. The molecule has 3 nitrogen and oxygen atoms in total. The van der Waals surface area contributed by atoms with Crippen LogP contribution in [0.3, 0.4) is 0 Å². The molecule has 2 atom stereocenters. The number of rotatable bonds is 4. The molecule has 0 fully saturated rings. The number of carbonyl (C=O) groups is 1. The summed E-state index contributed by atoms with van der Waals surface area (Å²) in [5.74, 6) is -1.95. The third-order valence-electron chi connectivity index (χ3n) is 3.03. The van der Waals surface area contributed by atoms with Crippen molar-refractivity contribution >= 4 is 5.91 Å². The predicted molar refractivity (Wildman–Crippen MR) is 66.1 cm³/mol. The molecule has 0 saturated heterocycles. The van der Waals surface area contributed by atoms with E-state index in [1.54, 1.807) is 13.8 Å². The third kappa shape index (κ3) is 4.19. The first kappa shape index (κ1) is 16.4. The molecule has 20 heavy (non-hydrogen) atoms. The first-order valence-electron chi connectivity index (χ1n) is 6.02. The van der Waals surface area contributed by atoms with Crippen molar-refractivity contribution in [2.75, 3.05) is 0 Å². The van der Waals surface area contributed by atoms with Crippen LogP contribution in [0.1, 0.15) is 25.0 Å². The Hall–Kier alpha value is -1.63. The second-order valence-electron chi connectivity index (χ2n) is 4.66. The van der Waals surface area contributed by atoms with E-state index in [1.165, 1.54) is 0 Å². The topological polar surface area (TPSA) is 55.1 Å². The fourth-order valence-electron chi connectivity index (χ4n) is 1.55. The summed E-state index contributed by atoms with van der Waals surface area (Å²) in [4.78, 5) is 11.6. The molecule has 0 radical (unpaired) electrons. The van der Waals surface area contributed by atoms with Crippen molar-refractivity contribution in [3.63, 3.8) is 0 Å². The molecule has 2 unspecified atom stereocenters. The van der Waals surface area contributed by atoms with E-state index in [2.05, 4.69) is 5.32 Å². The molecule has 112 valence electrons. The van der Waals surface area contributed by atoms with Gasteiger partial charge in [-0.2, -0.15) is 13.2 Å². The first-order chi connectivity index (χ1) is 9.12. The molecule has 1 amide bonds. The molecule has 1 aromatic rings. The van der Waals surface area contributed by atoms with E-state index in [-0.39, 0.29) is 12.1 Å². The van der Waals surface area contributed by atoms with Gasteiger partial charge in [0.25, 0.3) is 0 Å². The summed E-state index contributed by atoms with van der Waals surface area (Å²) in [5.41, 5.74) is 4.25. The smallest absolute Gasteiger partial charge is 0.352 e. The molecule has 0 saturated carbocycles. The SMILES string of the molecule is CC(N)C(C)C(=O)NCc1ccc(F)cc1C(F)(F)F. The lowest BCUT2D eigenvalue weighted by Crippen LogP contribution is -2.38. The molecule has 1 rings (SSSR count). The number of nitrogens with one attached hydrogen (secondary N) is 1. The van der Waals surface area contributed by atoms with Crippen LogP contribution >= 0.6 is 0 Å². The maximum Gasteiger partial charge on any atom is 0.416 e. The zero-order valence-corrected chi connectivity index (χ0v) is 11.1. The van der Waals surface area contributed by atoms with Gasteiger partial charge in [0.1, 0.15) is 5.82 Å². The van der Waals surface area contributed by atoms with Gasteiger partial charge < -0.3 is 11.1 Å². The van der Waals surface area contributed by atoms with Crippen LogP contribution in [0, 0.1) is 11.7 Å². The normalized spacial score (nSPS) is 14.8. The zero-order chi connectivity index (χ0) is 15.5. The molecule has 1 aromatic carbocycles. The maximum absolute atomic E-state index is 12.9. The molecular weight excluding hydrogens is 276 g/mol. The van der Waals surface area contributed by atoms with Crippen LogP contribution in [-0.2, 0) is 17.5 Å². The Morgan fingerprint density at radius 3 is 2.45 bits per heavy atom. The minimum absolute atomic E-state index is 0.191. The third-order valence-corrected chi connectivity index (χ3v) is 3.03. The fourth-order valence-corrected chi connectivity index (χ4v) is 1.55. The van der Waals surface area contributed by atoms with Crippen LogP contribution in [0.15, 0.2) is 18.2 Å². The van der Waals surface area contributed by atoms with Gasteiger partial charge >= 0.3 is 6.18 Å². The number of hydrogen-bond donors (Lipinski definition) is 2. The highest BCUT2D eigenvalue weighted by atomic mass is 19.4. The van der Waals surface area contributed by atoms with Gasteiger partial charge in [0.2, 0.25) is 5.91 Å². The van der Waals surface area contributed by atoms with Crippen molar-refractivity contribution in [3.05, 3.63) is 35.1 Å². The van der Waals surface area contributed by atoms with E-state index >= 15 is 0 Å². The van der Waals surface area contributed by atoms with Gasteiger partial charge in [0, 0.05) is 18.5 Å². The van der Waals surface area contributed by atoms with Crippen LogP contribution in [0.2, 0.25) is 0 Å². The zero-order valence-electron chi connectivity index (χ0n) is 11.1. The lowest BCUT2D eigenvalue weighted by molar-refractivity contribution is -0.138. The number of nitrogens with two attached hydrogens (primary N) is 1. The Balaban J connectivity index is 2.86. The average molecular weight is 292 g/mol. The van der Waals surface area contributed by atoms with Crippen LogP contribution < -0.4 is 11.1 Å². The van der Waals surface area contributed by atoms with E-state index < -0.39 is 35.4 Å². The molecule has 0 aliphatic carbocycles. The van der Waals surface area contributed by atoms with E-state index in [4.69, 9.17) is 5.73 Å². The summed E-state index contributed by atoms with van der Waals surface area (Å²) >= 11 is 0. The summed E-state index contributed by atoms with van der Waals surface area (Å²) in [6, 6.07) is 1.93. The maximum atomic E-state index is 12.9. The van der Waals surface area contributed by atoms with Gasteiger partial charge in [-0.15, -0.1) is 0 Å². The molecule has 0 aromatic heterocycles. The molecular formula is C13H16F4N2O. The molecule has 0 heterocycles. The summed E-state index contributed by atoms with van der Waals surface area (Å²) < 4.78 is 51.1. The molecule has 0 aliphatic heterocycles. The van der Waals surface area contributed by atoms with Gasteiger partial charge in [0.05, 0.1) is 5.56 Å². The molecule has 0 bridgehead atoms. The lowest BCUT2D eigenvalue weighted by atomic mass is 10.0. The van der Waals surface area contributed by atoms with Gasteiger partial charge in [0.15, 0.2) is 0 Å². The fraction of sp³-hybridized carbons (Fsp3) is 0.462. The Kier molecular flexibility index (Phi) is 5.10. The quantitative estimate of drug-likeness (QED) is 0.838. The minimum atomic E-state index is -4.67. The molecule has 3 N–H and O–H groups in total. The average Bonchev–Trinajstić information content (AvgIpc) is 2.34. The van der Waals surface area contributed by atoms with Crippen molar-refractivity contribution < 1.29 is 22.4 Å². The molecule has 0 aliphatic rings. The number of alkyl halides is 3. The van der Waals surface area contributed by atoms with E-state index in [0.717, 1.165) is 12.1 Å². The van der Waals surface area contributed by atoms with Crippen LogP contribution in [-0.4, -0.2) is 11.9 Å². The van der Waals surface area contributed by atoms with Crippen molar-refractivity contribution in [2.24, 2.45) is 11.7 Å². The molecule has 7 heteroatoms. The Morgan fingerprint density at radius 1 is 1.35 bits per heavy atom. The largest absolute Gasteiger partial charge is 0.416 e. The second-order valence-corrected chi connectivity index (χ2v) is 4.66. The Bertz CT molecular complexity index is 486. The van der Waals surface area contributed by atoms with E-state index in [1.807, 2.05) is 0 Å². The number of hydrogen-bond acceptors (Lipinski definition) is 2. The lowest BCUT2D eigenvalue weighted by Gasteiger charge is -2.17. The van der Waals surface area contributed by atoms with Crippen molar-refractivity contribution in [1.29, 1.82) is 0 Å². The minimum Gasteiger partial charge on any atom is -0.352 e. The van der Waals surface area contributed by atoms with Crippen molar-refractivity contribution in [1.82, 2.24) is 5.32 Å². The number of halogens is 4. The Labute approximate surface area is 114 Å². The number of amides is 1. The van der Waals surface area contributed by atoms with Gasteiger partial charge in [-0.05, 0) is 24.6 Å². The molecule has 0 spiro atoms. The van der Waals surface area contributed by atoms with Crippen LogP contribution in [0.5, 0.6) is 0 Å². The second kappa shape index (κ2) is 6.21. The van der Waals surface area contributed by atoms with Gasteiger partial charge in [-0.25, -0.2) is 4.39 Å². The van der Waals surface area contributed by atoms with Gasteiger partial charge in [-0.1, -0.05) is 13.0 Å². The monoisotopic (exact) mass is 292 g/mol. The summed E-state index contributed by atoms with van der Waals surface area (Å²) in [6.07, 6.45) is -4.67. The van der Waals surface area contributed by atoms with Gasteiger partial charge in [-0.3, -0.25) is 4.79 Å². The summed E-state index contributed by atoms with van der Waals surface area (Å²) in [6.45, 7) is 2.88. The summed E-state index contributed by atoms with van der Waals surface area (Å²) in [7, 11) is 0. The first-order valence-corrected chi connectivity index (χ1v) is 6.02. The van der Waals surface area contributed by atoms with Crippen molar-refractivity contribution in [2.45, 2.75) is 32.6 Å². The number of carbonyl (C=O) groups excluding carboxylic acids is 1. The van der Waals surface area contributed by atoms with E-state index in [0.29, 0.717) is 6.07 Å². The standard InChI is InChI=1S/C13H16F4N2O/c1-7(8(2)18)12(20)19-6-9-3-4-10(14)5-11(9)13(15,16)17/h3-5,7-8H,6,18H2,1-2H3,(H,19,20). The highest BCUT2D eigenvalue weighted by molar-refractivity contribution is 5.78. The van der Waals surface area contributed by atoms with E-state index in [9.17, 15) is 22.4 Å². The predicted octanol–water partition coefficient (Wildman–Crippen LogP) is 2.44. The van der Waals surface area contributed by atoms with Crippen molar-refractivity contribution in [3.8, 4) is 0 Å².